The zero-order chi connectivity index (χ0) is 19.7. The first kappa shape index (κ1) is 19.3. The van der Waals surface area contributed by atoms with Crippen molar-refractivity contribution in [2.24, 2.45) is 0 Å². The normalized spacial score (nSPS) is 14.0. The van der Waals surface area contributed by atoms with Gasteiger partial charge < -0.3 is 15.6 Å². The monoisotopic (exact) mass is 490 g/mol. The topological polar surface area (TPSA) is 95.6 Å². The Morgan fingerprint density at radius 3 is 2.78 bits per heavy atom. The minimum absolute atomic E-state index is 0.303. The van der Waals surface area contributed by atoms with Gasteiger partial charge in [-0.05, 0) is 47.7 Å². The number of carbonyl (C=O) groups is 1. The van der Waals surface area contributed by atoms with Crippen LogP contribution in [0, 0.1) is 0 Å². The Morgan fingerprint density at radius 2 is 2.04 bits per heavy atom. The number of H-pyrrole nitrogens is 1. The van der Waals surface area contributed by atoms with Crippen LogP contribution in [0.2, 0.25) is 0 Å². The predicted octanol–water partition coefficient (Wildman–Crippen LogP) is 3.26. The maximum atomic E-state index is 12.3. The Balaban J connectivity index is 1.80. The summed E-state index contributed by atoms with van der Waals surface area (Å²) in [7, 11) is 0. The van der Waals surface area contributed by atoms with E-state index in [2.05, 4.69) is 25.3 Å². The largest absolute Gasteiger partial charge is 0.405 e. The number of amides is 1. The van der Waals surface area contributed by atoms with Gasteiger partial charge in [0.1, 0.15) is 18.0 Å². The van der Waals surface area contributed by atoms with E-state index in [9.17, 15) is 18.0 Å². The number of alkyl halides is 4. The molecule has 0 aromatic carbocycles. The molecule has 0 aliphatic rings. The molecule has 27 heavy (non-hydrogen) atoms. The minimum Gasteiger partial charge on any atom is -0.348 e. The van der Waals surface area contributed by atoms with E-state index in [1.165, 1.54) is 19.2 Å². The summed E-state index contributed by atoms with van der Waals surface area (Å²) in [4.78, 5) is 27.9. The van der Waals surface area contributed by atoms with Crippen molar-refractivity contribution in [2.45, 2.75) is 16.6 Å². The highest BCUT2D eigenvalue weighted by Gasteiger charge is 2.34. The summed E-state index contributed by atoms with van der Waals surface area (Å²) in [6.07, 6.45) is 0.395. The zero-order valence-electron chi connectivity index (χ0n) is 13.9. The highest BCUT2D eigenvalue weighted by Crippen LogP contribution is 2.27. The van der Waals surface area contributed by atoms with Gasteiger partial charge in [0, 0.05) is 29.5 Å². The SMILES string of the molecule is C[C@](I)(Nc1ccnc(-c2c[nH]c3ncccc23)n1)C(=O)NCC(F)(F)F. The molecule has 3 aromatic rings. The van der Waals surface area contributed by atoms with Gasteiger partial charge in [-0.25, -0.2) is 15.0 Å². The molecular weight excluding hydrogens is 476 g/mol. The number of rotatable bonds is 5. The Hall–Kier alpha value is -2.44. The predicted molar refractivity (Wildman–Crippen MR) is 102 cm³/mol. The van der Waals surface area contributed by atoms with Crippen molar-refractivity contribution < 1.29 is 18.0 Å². The van der Waals surface area contributed by atoms with Gasteiger partial charge in [-0.1, -0.05) is 0 Å². The number of carbonyl (C=O) groups excluding carboxylic acids is 1. The molecule has 0 bridgehead atoms. The molecule has 142 valence electrons. The van der Waals surface area contributed by atoms with E-state index in [0.29, 0.717) is 17.3 Å². The average molecular weight is 490 g/mol. The fourth-order valence-corrected chi connectivity index (χ4v) is 2.81. The van der Waals surface area contributed by atoms with Crippen molar-refractivity contribution in [3.8, 4) is 11.4 Å². The third-order valence-corrected chi connectivity index (χ3v) is 4.35. The number of aromatic amines is 1. The molecule has 0 fully saturated rings. The highest BCUT2D eigenvalue weighted by atomic mass is 127. The van der Waals surface area contributed by atoms with Crippen molar-refractivity contribution in [3.63, 3.8) is 0 Å². The summed E-state index contributed by atoms with van der Waals surface area (Å²) in [5.74, 6) is -0.115. The van der Waals surface area contributed by atoms with Crippen LogP contribution in [0.5, 0.6) is 0 Å². The van der Waals surface area contributed by atoms with E-state index in [-0.39, 0.29) is 0 Å². The number of hydrogen-bond donors (Lipinski definition) is 3. The number of hydrogen-bond acceptors (Lipinski definition) is 5. The number of fused-ring (bicyclic) bond motifs is 1. The van der Waals surface area contributed by atoms with Crippen LogP contribution >= 0.6 is 22.6 Å². The number of pyridine rings is 1. The lowest BCUT2D eigenvalue weighted by Gasteiger charge is -2.24. The van der Waals surface area contributed by atoms with Crippen LogP contribution in [0.1, 0.15) is 6.92 Å². The smallest absolute Gasteiger partial charge is 0.348 e. The van der Waals surface area contributed by atoms with Crippen LogP contribution in [-0.4, -0.2) is 42.1 Å². The van der Waals surface area contributed by atoms with Crippen molar-refractivity contribution in [2.75, 3.05) is 11.9 Å². The van der Waals surface area contributed by atoms with E-state index in [4.69, 9.17) is 0 Å². The molecule has 0 radical (unpaired) electrons. The third kappa shape index (κ3) is 4.64. The van der Waals surface area contributed by atoms with Gasteiger partial charge in [0.2, 0.25) is 0 Å². The van der Waals surface area contributed by atoms with Gasteiger partial charge in [-0.3, -0.25) is 4.79 Å². The molecule has 0 spiro atoms. The Morgan fingerprint density at radius 1 is 1.26 bits per heavy atom. The summed E-state index contributed by atoms with van der Waals surface area (Å²) in [6.45, 7) is 0.0557. The van der Waals surface area contributed by atoms with E-state index in [1.807, 2.05) is 11.4 Å². The molecular formula is C16H14F3IN6O. The summed E-state index contributed by atoms with van der Waals surface area (Å²) in [6, 6.07) is 5.18. The van der Waals surface area contributed by atoms with Crippen LogP contribution < -0.4 is 10.6 Å². The molecule has 0 saturated heterocycles. The molecule has 3 rings (SSSR count). The quantitative estimate of drug-likeness (QED) is 0.290. The molecule has 1 atom stereocenters. The summed E-state index contributed by atoms with van der Waals surface area (Å²) >= 11 is 1.73. The second kappa shape index (κ2) is 7.29. The molecule has 0 unspecified atom stereocenters. The standard InChI is InChI=1S/C16H14F3IN6O/c1-15(20,14(27)24-8-16(17,18)19)26-11-4-6-22-13(25-11)10-7-23-12-9(10)3-2-5-21-12/h2-7H,8H2,1H3,(H,21,23)(H,24,27)(H,22,25,26)/t15-/m0/s1. The van der Waals surface area contributed by atoms with Crippen molar-refractivity contribution in [1.82, 2.24) is 25.3 Å². The van der Waals surface area contributed by atoms with E-state index in [0.717, 1.165) is 10.9 Å². The molecule has 11 heteroatoms. The van der Waals surface area contributed by atoms with Gasteiger partial charge in [-0.2, -0.15) is 13.2 Å². The number of halogens is 4. The fourth-order valence-electron chi connectivity index (χ4n) is 2.34. The Labute approximate surface area is 165 Å². The first-order valence-corrected chi connectivity index (χ1v) is 8.81. The van der Waals surface area contributed by atoms with E-state index >= 15 is 0 Å². The molecule has 7 nitrogen and oxygen atoms in total. The maximum Gasteiger partial charge on any atom is 0.405 e. The second-order valence-electron chi connectivity index (χ2n) is 5.79. The van der Waals surface area contributed by atoms with Crippen molar-refractivity contribution in [1.29, 1.82) is 0 Å². The first-order chi connectivity index (χ1) is 12.7. The van der Waals surface area contributed by atoms with E-state index < -0.39 is 22.2 Å². The van der Waals surface area contributed by atoms with Crippen LogP contribution in [0.3, 0.4) is 0 Å². The molecule has 3 N–H and O–H groups in total. The Kier molecular flexibility index (Phi) is 5.22. The average Bonchev–Trinajstić information content (AvgIpc) is 3.03. The highest BCUT2D eigenvalue weighted by molar-refractivity contribution is 14.1. The van der Waals surface area contributed by atoms with Crippen LogP contribution in [0.25, 0.3) is 22.4 Å². The third-order valence-electron chi connectivity index (χ3n) is 3.59. The molecule has 1 amide bonds. The summed E-state index contributed by atoms with van der Waals surface area (Å²) < 4.78 is 35.6. The van der Waals surface area contributed by atoms with Crippen LogP contribution in [-0.2, 0) is 4.79 Å². The molecule has 0 aliphatic heterocycles. The van der Waals surface area contributed by atoms with Crippen LogP contribution in [0.15, 0.2) is 36.8 Å². The van der Waals surface area contributed by atoms with Gasteiger partial charge in [-0.15, -0.1) is 0 Å². The van der Waals surface area contributed by atoms with Crippen molar-refractivity contribution >= 4 is 45.3 Å². The fraction of sp³-hybridized carbons (Fsp3) is 0.250. The lowest BCUT2D eigenvalue weighted by Crippen LogP contribution is -2.48. The number of anilines is 1. The van der Waals surface area contributed by atoms with Gasteiger partial charge >= 0.3 is 6.18 Å². The molecule has 0 aliphatic carbocycles. The zero-order valence-corrected chi connectivity index (χ0v) is 16.1. The lowest BCUT2D eigenvalue weighted by molar-refractivity contribution is -0.138. The van der Waals surface area contributed by atoms with E-state index in [1.54, 1.807) is 41.1 Å². The molecule has 0 saturated carbocycles. The Bertz CT molecular complexity index is 972. The molecule has 3 heterocycles. The van der Waals surface area contributed by atoms with Gasteiger partial charge in [0.05, 0.1) is 0 Å². The number of aromatic nitrogens is 4. The van der Waals surface area contributed by atoms with Gasteiger partial charge in [0.25, 0.3) is 5.91 Å². The molecule has 3 aromatic heterocycles. The minimum atomic E-state index is -4.48. The number of nitrogens with zero attached hydrogens (tertiary/aromatic N) is 3. The number of nitrogens with one attached hydrogen (secondary N) is 3. The van der Waals surface area contributed by atoms with Crippen molar-refractivity contribution in [3.05, 3.63) is 36.8 Å². The maximum absolute atomic E-state index is 12.3. The van der Waals surface area contributed by atoms with Crippen LogP contribution in [0.4, 0.5) is 19.0 Å². The lowest BCUT2D eigenvalue weighted by atomic mass is 10.2. The second-order valence-corrected chi connectivity index (χ2v) is 7.95. The van der Waals surface area contributed by atoms with Gasteiger partial charge in [0.15, 0.2) is 9.37 Å². The summed E-state index contributed by atoms with van der Waals surface area (Å²) in [5, 5.41) is 5.52. The first-order valence-electron chi connectivity index (χ1n) is 7.73. The summed E-state index contributed by atoms with van der Waals surface area (Å²) in [5.41, 5.74) is 1.40.